The highest BCUT2D eigenvalue weighted by Crippen LogP contribution is 2.19. The molecule has 124 valence electrons. The lowest BCUT2D eigenvalue weighted by Gasteiger charge is -2.33. The number of aldehydes is 1. The minimum atomic E-state index is -0.777. The minimum Gasteiger partial charge on any atom is -0.481 e. The predicted molar refractivity (Wildman–Crippen MR) is 78.4 cm³/mol. The summed E-state index contributed by atoms with van der Waals surface area (Å²) in [4.78, 5) is 38.1. The molecular weight excluding hydrogens is 288 g/mol. The number of piperidine rings is 1. The Morgan fingerprint density at radius 1 is 1.18 bits per heavy atom. The number of carbonyl (C=O) groups excluding carboxylic acids is 2. The molecule has 0 aliphatic carbocycles. The molecule has 7 nitrogen and oxygen atoms in total. The zero-order valence-electron chi connectivity index (χ0n) is 12.8. The van der Waals surface area contributed by atoms with Gasteiger partial charge in [0.2, 0.25) is 5.91 Å². The molecule has 0 aromatic rings. The first-order valence-corrected chi connectivity index (χ1v) is 7.89. The average molecular weight is 312 g/mol. The lowest BCUT2D eigenvalue weighted by Crippen LogP contribution is -2.45. The van der Waals surface area contributed by atoms with Crippen LogP contribution in [0.1, 0.15) is 25.7 Å². The van der Waals surface area contributed by atoms with Crippen molar-refractivity contribution < 1.29 is 24.2 Å². The van der Waals surface area contributed by atoms with Crippen LogP contribution in [0, 0.1) is 5.92 Å². The molecule has 1 amide bonds. The van der Waals surface area contributed by atoms with E-state index in [0.29, 0.717) is 52.0 Å². The number of ether oxygens (including phenoxy) is 1. The van der Waals surface area contributed by atoms with Crippen molar-refractivity contribution in [3.05, 3.63) is 0 Å². The molecule has 2 heterocycles. The third kappa shape index (κ3) is 4.51. The number of hydrogen-bond acceptors (Lipinski definition) is 5. The summed E-state index contributed by atoms with van der Waals surface area (Å²) in [5.74, 6) is -1.09. The lowest BCUT2D eigenvalue weighted by atomic mass is 9.96. The smallest absolute Gasteiger partial charge is 0.306 e. The Morgan fingerprint density at radius 3 is 2.36 bits per heavy atom. The van der Waals surface area contributed by atoms with Crippen LogP contribution >= 0.6 is 0 Å². The first-order chi connectivity index (χ1) is 10.6. The van der Waals surface area contributed by atoms with Gasteiger partial charge in [-0.1, -0.05) is 0 Å². The van der Waals surface area contributed by atoms with E-state index in [0.717, 1.165) is 19.4 Å². The summed E-state index contributed by atoms with van der Waals surface area (Å²) in [7, 11) is 0. The maximum absolute atomic E-state index is 12.2. The molecule has 2 aliphatic rings. The second-order valence-electron chi connectivity index (χ2n) is 5.88. The molecule has 2 fully saturated rings. The Balaban J connectivity index is 1.74. The highest BCUT2D eigenvalue weighted by atomic mass is 16.5. The average Bonchev–Trinajstić information content (AvgIpc) is 2.56. The Hall–Kier alpha value is -1.47. The quantitative estimate of drug-likeness (QED) is 0.694. The van der Waals surface area contributed by atoms with E-state index in [1.54, 1.807) is 4.90 Å². The summed E-state index contributed by atoms with van der Waals surface area (Å²) in [5.41, 5.74) is 0. The molecule has 0 aromatic carbocycles. The number of hydrogen-bond donors (Lipinski definition) is 1. The standard InChI is InChI=1S/C15H24N2O5/c18-11-13(16-7-9-22-10-8-16)1-2-14(19)17-5-3-12(4-6-17)15(20)21/h11-13H,1-10H2,(H,20,21). The van der Waals surface area contributed by atoms with Crippen molar-refractivity contribution in [1.82, 2.24) is 9.80 Å². The van der Waals surface area contributed by atoms with Crippen molar-refractivity contribution in [3.8, 4) is 0 Å². The first kappa shape index (κ1) is 16.9. The van der Waals surface area contributed by atoms with Gasteiger partial charge in [-0.3, -0.25) is 14.5 Å². The number of likely N-dealkylation sites (tertiary alicyclic amines) is 1. The maximum atomic E-state index is 12.2. The lowest BCUT2D eigenvalue weighted by molar-refractivity contribution is -0.145. The van der Waals surface area contributed by atoms with Crippen LogP contribution in [0.25, 0.3) is 0 Å². The van der Waals surface area contributed by atoms with Gasteiger partial charge in [0.15, 0.2) is 0 Å². The molecule has 2 rings (SSSR count). The molecule has 0 aromatic heterocycles. The molecule has 1 unspecified atom stereocenters. The fourth-order valence-corrected chi connectivity index (χ4v) is 3.05. The highest BCUT2D eigenvalue weighted by Gasteiger charge is 2.28. The van der Waals surface area contributed by atoms with E-state index in [1.165, 1.54) is 0 Å². The van der Waals surface area contributed by atoms with E-state index in [9.17, 15) is 14.4 Å². The van der Waals surface area contributed by atoms with Gasteiger partial charge in [0.25, 0.3) is 0 Å². The van der Waals surface area contributed by atoms with Crippen molar-refractivity contribution in [1.29, 1.82) is 0 Å². The predicted octanol–water partition coefficient (Wildman–Crippen LogP) is -0.0105. The molecular formula is C15H24N2O5. The molecule has 7 heteroatoms. The Labute approximate surface area is 130 Å². The first-order valence-electron chi connectivity index (χ1n) is 7.89. The van der Waals surface area contributed by atoms with Crippen molar-refractivity contribution in [2.45, 2.75) is 31.7 Å². The third-order valence-electron chi connectivity index (χ3n) is 4.52. The largest absolute Gasteiger partial charge is 0.481 e. The number of morpholine rings is 1. The topological polar surface area (TPSA) is 87.2 Å². The number of aliphatic carboxylic acids is 1. The molecule has 1 atom stereocenters. The fourth-order valence-electron chi connectivity index (χ4n) is 3.05. The number of carboxylic acid groups (broad SMARTS) is 1. The van der Waals surface area contributed by atoms with Gasteiger partial charge < -0.3 is 19.5 Å². The normalized spacial score (nSPS) is 22.3. The molecule has 0 spiro atoms. The van der Waals surface area contributed by atoms with Crippen LogP contribution < -0.4 is 0 Å². The van der Waals surface area contributed by atoms with Crippen LogP contribution in [0.5, 0.6) is 0 Å². The Morgan fingerprint density at radius 2 is 1.82 bits per heavy atom. The van der Waals surface area contributed by atoms with Crippen LogP contribution in [0.15, 0.2) is 0 Å². The van der Waals surface area contributed by atoms with Gasteiger partial charge >= 0.3 is 5.97 Å². The van der Waals surface area contributed by atoms with Crippen molar-refractivity contribution in [2.75, 3.05) is 39.4 Å². The molecule has 1 N–H and O–H groups in total. The van der Waals surface area contributed by atoms with E-state index in [2.05, 4.69) is 4.90 Å². The third-order valence-corrected chi connectivity index (χ3v) is 4.52. The summed E-state index contributed by atoms with van der Waals surface area (Å²) < 4.78 is 5.26. The second kappa shape index (κ2) is 8.24. The van der Waals surface area contributed by atoms with E-state index in [1.807, 2.05) is 0 Å². The zero-order chi connectivity index (χ0) is 15.9. The SMILES string of the molecule is O=CC(CCC(=O)N1CCC(C(=O)O)CC1)N1CCOCC1. The minimum absolute atomic E-state index is 0.0175. The fraction of sp³-hybridized carbons (Fsp3) is 0.800. The van der Waals surface area contributed by atoms with Crippen LogP contribution in [0.3, 0.4) is 0 Å². The van der Waals surface area contributed by atoms with E-state index < -0.39 is 5.97 Å². The number of amides is 1. The van der Waals surface area contributed by atoms with Gasteiger partial charge in [0.05, 0.1) is 25.2 Å². The van der Waals surface area contributed by atoms with Gasteiger partial charge in [-0.05, 0) is 19.3 Å². The second-order valence-corrected chi connectivity index (χ2v) is 5.88. The van der Waals surface area contributed by atoms with Gasteiger partial charge in [-0.25, -0.2) is 0 Å². The van der Waals surface area contributed by atoms with Crippen LogP contribution in [-0.2, 0) is 19.1 Å². The number of carboxylic acids is 1. The van der Waals surface area contributed by atoms with E-state index >= 15 is 0 Å². The van der Waals surface area contributed by atoms with Gasteiger partial charge in [0, 0.05) is 32.6 Å². The van der Waals surface area contributed by atoms with Gasteiger partial charge in [-0.2, -0.15) is 0 Å². The number of carbonyl (C=O) groups is 3. The Bertz CT molecular complexity index is 401. The molecule has 2 aliphatic heterocycles. The Kier molecular flexibility index (Phi) is 6.33. The van der Waals surface area contributed by atoms with E-state index in [4.69, 9.17) is 9.84 Å². The summed E-state index contributed by atoms with van der Waals surface area (Å²) in [6.45, 7) is 3.70. The molecule has 0 bridgehead atoms. The van der Waals surface area contributed by atoms with Gasteiger partial charge in [0.1, 0.15) is 6.29 Å². The van der Waals surface area contributed by atoms with E-state index in [-0.39, 0.29) is 17.9 Å². The van der Waals surface area contributed by atoms with Crippen molar-refractivity contribution in [2.24, 2.45) is 5.92 Å². The van der Waals surface area contributed by atoms with Crippen molar-refractivity contribution in [3.63, 3.8) is 0 Å². The summed E-state index contributed by atoms with van der Waals surface area (Å²) in [6, 6.07) is -0.232. The summed E-state index contributed by atoms with van der Waals surface area (Å²) in [6.07, 6.45) is 2.79. The molecule has 0 radical (unpaired) electrons. The molecule has 0 saturated carbocycles. The van der Waals surface area contributed by atoms with Crippen molar-refractivity contribution >= 4 is 18.2 Å². The monoisotopic (exact) mass is 312 g/mol. The molecule has 2 saturated heterocycles. The number of nitrogens with zero attached hydrogens (tertiary/aromatic N) is 2. The summed E-state index contributed by atoms with van der Waals surface area (Å²) >= 11 is 0. The highest BCUT2D eigenvalue weighted by molar-refractivity contribution is 5.77. The maximum Gasteiger partial charge on any atom is 0.306 e. The summed E-state index contributed by atoms with van der Waals surface area (Å²) in [5, 5.41) is 8.96. The molecule has 22 heavy (non-hydrogen) atoms. The van der Waals surface area contributed by atoms with Crippen LogP contribution in [0.2, 0.25) is 0 Å². The van der Waals surface area contributed by atoms with Crippen LogP contribution in [-0.4, -0.2) is 78.5 Å². The zero-order valence-corrected chi connectivity index (χ0v) is 12.8. The van der Waals surface area contributed by atoms with Gasteiger partial charge in [-0.15, -0.1) is 0 Å². The van der Waals surface area contributed by atoms with Crippen LogP contribution in [0.4, 0.5) is 0 Å². The number of rotatable bonds is 6.